The number of aliphatic hydroxyl groups excluding tert-OH is 2. The van der Waals surface area contributed by atoms with Gasteiger partial charge >= 0.3 is 0 Å². The maximum atomic E-state index is 13.2. The first-order chi connectivity index (χ1) is 7.58. The van der Waals surface area contributed by atoms with Gasteiger partial charge in [-0.2, -0.15) is 0 Å². The van der Waals surface area contributed by atoms with Crippen molar-refractivity contribution in [2.45, 2.75) is 18.8 Å². The highest BCUT2D eigenvalue weighted by Crippen LogP contribution is 2.23. The Balaban J connectivity index is 2.08. The molecule has 1 fully saturated rings. The standard InChI is InChI=1S/C11H13BrFNO2/c12-11-7(2-1-3-8(11)13)4-14-5-9(15)10(16)6-14/h1-3,9-10,15-16H,4-6H2/t9-,10+. The van der Waals surface area contributed by atoms with E-state index in [1.807, 2.05) is 11.0 Å². The first kappa shape index (κ1) is 12.0. The second-order valence-corrected chi connectivity index (χ2v) is 4.83. The van der Waals surface area contributed by atoms with Crippen molar-refractivity contribution in [2.24, 2.45) is 0 Å². The van der Waals surface area contributed by atoms with Crippen LogP contribution in [0.2, 0.25) is 0 Å². The quantitative estimate of drug-likeness (QED) is 0.858. The highest BCUT2D eigenvalue weighted by atomic mass is 79.9. The van der Waals surface area contributed by atoms with Gasteiger partial charge in [0.05, 0.1) is 16.7 Å². The molecule has 1 aliphatic rings. The molecule has 2 rings (SSSR count). The highest BCUT2D eigenvalue weighted by molar-refractivity contribution is 9.10. The van der Waals surface area contributed by atoms with Gasteiger partial charge in [-0.15, -0.1) is 0 Å². The molecule has 88 valence electrons. The van der Waals surface area contributed by atoms with Crippen molar-refractivity contribution in [1.82, 2.24) is 4.90 Å². The monoisotopic (exact) mass is 289 g/mol. The summed E-state index contributed by atoms with van der Waals surface area (Å²) < 4.78 is 13.7. The van der Waals surface area contributed by atoms with E-state index < -0.39 is 12.2 Å². The molecule has 1 aromatic carbocycles. The molecule has 2 N–H and O–H groups in total. The van der Waals surface area contributed by atoms with Crippen LogP contribution in [0.15, 0.2) is 22.7 Å². The fraction of sp³-hybridized carbons (Fsp3) is 0.455. The Kier molecular flexibility index (Phi) is 3.59. The van der Waals surface area contributed by atoms with Crippen molar-refractivity contribution in [3.63, 3.8) is 0 Å². The molecule has 0 aliphatic carbocycles. The van der Waals surface area contributed by atoms with Crippen LogP contribution in [0, 0.1) is 5.82 Å². The molecule has 2 atom stereocenters. The van der Waals surface area contributed by atoms with Crippen LogP contribution in [0.5, 0.6) is 0 Å². The molecule has 3 nitrogen and oxygen atoms in total. The summed E-state index contributed by atoms with van der Waals surface area (Å²) in [5.74, 6) is -0.294. The summed E-state index contributed by atoms with van der Waals surface area (Å²) in [6, 6.07) is 4.86. The molecular formula is C11H13BrFNO2. The second-order valence-electron chi connectivity index (χ2n) is 4.04. The van der Waals surface area contributed by atoms with Crippen LogP contribution in [0.4, 0.5) is 4.39 Å². The minimum atomic E-state index is -0.702. The molecule has 1 saturated heterocycles. The molecule has 1 heterocycles. The Morgan fingerprint density at radius 2 is 1.94 bits per heavy atom. The fourth-order valence-corrected chi connectivity index (χ4v) is 2.28. The van der Waals surface area contributed by atoms with Gasteiger partial charge in [-0.3, -0.25) is 4.90 Å². The highest BCUT2D eigenvalue weighted by Gasteiger charge is 2.29. The molecule has 0 spiro atoms. The predicted molar refractivity (Wildman–Crippen MR) is 61.4 cm³/mol. The van der Waals surface area contributed by atoms with Gasteiger partial charge in [-0.1, -0.05) is 12.1 Å². The summed E-state index contributed by atoms with van der Waals surface area (Å²) in [4.78, 5) is 1.90. The van der Waals surface area contributed by atoms with Crippen molar-refractivity contribution >= 4 is 15.9 Å². The van der Waals surface area contributed by atoms with Crippen molar-refractivity contribution in [3.05, 3.63) is 34.1 Å². The summed E-state index contributed by atoms with van der Waals surface area (Å²) in [5, 5.41) is 18.8. The molecule has 16 heavy (non-hydrogen) atoms. The van der Waals surface area contributed by atoms with Gasteiger partial charge < -0.3 is 10.2 Å². The third kappa shape index (κ3) is 2.43. The smallest absolute Gasteiger partial charge is 0.137 e. The first-order valence-corrected chi connectivity index (χ1v) is 5.88. The lowest BCUT2D eigenvalue weighted by atomic mass is 10.2. The van der Waals surface area contributed by atoms with Crippen LogP contribution < -0.4 is 0 Å². The predicted octanol–water partition coefficient (Wildman–Crippen LogP) is 1.13. The molecule has 1 aliphatic heterocycles. The van der Waals surface area contributed by atoms with Gasteiger partial charge in [-0.25, -0.2) is 4.39 Å². The van der Waals surface area contributed by atoms with Gasteiger partial charge in [-0.05, 0) is 27.6 Å². The Morgan fingerprint density at radius 1 is 1.31 bits per heavy atom. The van der Waals surface area contributed by atoms with E-state index in [0.29, 0.717) is 24.1 Å². The van der Waals surface area contributed by atoms with Crippen molar-refractivity contribution < 1.29 is 14.6 Å². The molecule has 0 radical (unpaired) electrons. The van der Waals surface area contributed by atoms with Crippen molar-refractivity contribution in [2.75, 3.05) is 13.1 Å². The van der Waals surface area contributed by atoms with Gasteiger partial charge in [0.1, 0.15) is 5.82 Å². The number of β-amino-alcohol motifs (C(OH)–C–C–N with tert-alkyl or cyclic N) is 2. The van der Waals surface area contributed by atoms with E-state index in [1.54, 1.807) is 6.07 Å². The lowest BCUT2D eigenvalue weighted by Crippen LogP contribution is -2.22. The lowest BCUT2D eigenvalue weighted by molar-refractivity contribution is 0.0572. The number of benzene rings is 1. The summed E-state index contributed by atoms with van der Waals surface area (Å²) >= 11 is 3.19. The van der Waals surface area contributed by atoms with Crippen LogP contribution in [-0.2, 0) is 6.54 Å². The third-order valence-electron chi connectivity index (χ3n) is 2.76. The number of halogens is 2. The minimum absolute atomic E-state index is 0.294. The summed E-state index contributed by atoms with van der Waals surface area (Å²) in [7, 11) is 0. The largest absolute Gasteiger partial charge is 0.389 e. The van der Waals surface area contributed by atoms with Crippen LogP contribution >= 0.6 is 15.9 Å². The van der Waals surface area contributed by atoms with Crippen molar-refractivity contribution in [1.29, 1.82) is 0 Å². The molecule has 1 aromatic rings. The molecule has 5 heteroatoms. The van der Waals surface area contributed by atoms with Crippen LogP contribution in [0.1, 0.15) is 5.56 Å². The maximum Gasteiger partial charge on any atom is 0.137 e. The molecule has 0 saturated carbocycles. The number of nitrogens with zero attached hydrogens (tertiary/aromatic N) is 1. The van der Waals surface area contributed by atoms with E-state index in [0.717, 1.165) is 5.56 Å². The zero-order valence-corrected chi connectivity index (χ0v) is 10.2. The van der Waals surface area contributed by atoms with E-state index in [1.165, 1.54) is 6.07 Å². The van der Waals surface area contributed by atoms with E-state index in [4.69, 9.17) is 0 Å². The van der Waals surface area contributed by atoms with E-state index in [-0.39, 0.29) is 5.82 Å². The lowest BCUT2D eigenvalue weighted by Gasteiger charge is -2.15. The Labute approximate surface area is 102 Å². The molecule has 0 amide bonds. The average molecular weight is 290 g/mol. The van der Waals surface area contributed by atoms with Crippen LogP contribution in [0.25, 0.3) is 0 Å². The summed E-state index contributed by atoms with van der Waals surface area (Å²) in [6.07, 6.45) is -1.40. The number of hydrogen-bond acceptors (Lipinski definition) is 3. The number of likely N-dealkylation sites (tertiary alicyclic amines) is 1. The molecular weight excluding hydrogens is 277 g/mol. The van der Waals surface area contributed by atoms with Crippen LogP contribution in [-0.4, -0.2) is 40.4 Å². The normalized spacial score (nSPS) is 26.2. The van der Waals surface area contributed by atoms with E-state index >= 15 is 0 Å². The molecule has 0 unspecified atom stereocenters. The Bertz CT molecular complexity index is 378. The zero-order chi connectivity index (χ0) is 11.7. The van der Waals surface area contributed by atoms with Gasteiger partial charge in [0.15, 0.2) is 0 Å². The topological polar surface area (TPSA) is 43.7 Å². The molecule has 0 aromatic heterocycles. The first-order valence-electron chi connectivity index (χ1n) is 5.09. The van der Waals surface area contributed by atoms with Crippen LogP contribution in [0.3, 0.4) is 0 Å². The third-order valence-corrected chi connectivity index (χ3v) is 3.65. The SMILES string of the molecule is O[C@@H]1CN(Cc2cccc(F)c2Br)C[C@@H]1O. The number of rotatable bonds is 2. The summed E-state index contributed by atoms with van der Waals surface area (Å²) in [5.41, 5.74) is 0.821. The van der Waals surface area contributed by atoms with Gasteiger partial charge in [0.25, 0.3) is 0 Å². The fourth-order valence-electron chi connectivity index (χ4n) is 1.89. The average Bonchev–Trinajstić information content (AvgIpc) is 2.54. The number of hydrogen-bond donors (Lipinski definition) is 2. The summed E-state index contributed by atoms with van der Waals surface area (Å²) in [6.45, 7) is 1.36. The molecule has 0 bridgehead atoms. The van der Waals surface area contributed by atoms with E-state index in [2.05, 4.69) is 15.9 Å². The second kappa shape index (κ2) is 4.79. The van der Waals surface area contributed by atoms with Gasteiger partial charge in [0, 0.05) is 19.6 Å². The minimum Gasteiger partial charge on any atom is -0.389 e. The van der Waals surface area contributed by atoms with Gasteiger partial charge in [0.2, 0.25) is 0 Å². The zero-order valence-electron chi connectivity index (χ0n) is 8.61. The van der Waals surface area contributed by atoms with E-state index in [9.17, 15) is 14.6 Å². The maximum absolute atomic E-state index is 13.2. The Hall–Kier alpha value is -0.490. The number of aliphatic hydroxyl groups is 2. The Morgan fingerprint density at radius 3 is 2.56 bits per heavy atom. The van der Waals surface area contributed by atoms with Crippen molar-refractivity contribution in [3.8, 4) is 0 Å².